The number of rotatable bonds is 4. The molecule has 2 aromatic carbocycles. The maximum absolute atomic E-state index is 12.1. The van der Waals surface area contributed by atoms with Crippen LogP contribution in [0.3, 0.4) is 0 Å². The number of benzene rings is 2. The zero-order chi connectivity index (χ0) is 14.7. The van der Waals surface area contributed by atoms with Crippen LogP contribution in [-0.4, -0.2) is 21.0 Å². The minimum atomic E-state index is -0.249. The molecule has 0 spiro atoms. The number of aliphatic hydroxyl groups is 1. The van der Waals surface area contributed by atoms with Gasteiger partial charge in [0.15, 0.2) is 5.82 Å². The van der Waals surface area contributed by atoms with Gasteiger partial charge in [0, 0.05) is 6.54 Å². The van der Waals surface area contributed by atoms with E-state index in [-0.39, 0.29) is 12.5 Å². The summed E-state index contributed by atoms with van der Waals surface area (Å²) in [5.41, 5.74) is 3.37. The average molecular weight is 281 g/mol. The van der Waals surface area contributed by atoms with E-state index >= 15 is 0 Å². The molecule has 0 atom stereocenters. The fourth-order valence-corrected chi connectivity index (χ4v) is 2.16. The van der Waals surface area contributed by atoms with Crippen LogP contribution in [0.1, 0.15) is 21.7 Å². The Labute approximate surface area is 121 Å². The highest BCUT2D eigenvalue weighted by molar-refractivity contribution is 5.94. The van der Waals surface area contributed by atoms with Gasteiger partial charge in [-0.3, -0.25) is 4.79 Å². The molecule has 0 aliphatic carbocycles. The van der Waals surface area contributed by atoms with E-state index in [1.807, 2.05) is 48.5 Å². The van der Waals surface area contributed by atoms with E-state index in [1.54, 1.807) is 0 Å². The van der Waals surface area contributed by atoms with Gasteiger partial charge in [-0.1, -0.05) is 36.4 Å². The Kier molecular flexibility index (Phi) is 3.66. The van der Waals surface area contributed by atoms with Crippen molar-refractivity contribution >= 4 is 16.9 Å². The molecule has 0 fully saturated rings. The largest absolute Gasteiger partial charge is 0.392 e. The lowest BCUT2D eigenvalue weighted by molar-refractivity contribution is 0.0942. The van der Waals surface area contributed by atoms with Crippen molar-refractivity contribution in [1.82, 2.24) is 15.3 Å². The summed E-state index contributed by atoms with van der Waals surface area (Å²) in [6.45, 7) is 0.384. The highest BCUT2D eigenvalue weighted by Crippen LogP contribution is 2.10. The predicted octanol–water partition coefficient (Wildman–Crippen LogP) is 1.99. The van der Waals surface area contributed by atoms with Crippen molar-refractivity contribution in [3.8, 4) is 0 Å². The standard InChI is InChI=1S/C16H15N3O2/c20-10-12-5-3-4-11(8-12)9-17-16(21)15-18-13-6-1-2-7-14(13)19-15/h1-8,20H,9-10H2,(H,17,21)(H,18,19). The quantitative estimate of drug-likeness (QED) is 0.684. The first kappa shape index (κ1) is 13.3. The second-order valence-corrected chi connectivity index (χ2v) is 4.76. The summed E-state index contributed by atoms with van der Waals surface area (Å²) >= 11 is 0. The van der Waals surface area contributed by atoms with Crippen molar-refractivity contribution in [3.05, 3.63) is 65.5 Å². The molecule has 0 saturated carbocycles. The lowest BCUT2D eigenvalue weighted by Crippen LogP contribution is -2.23. The summed E-state index contributed by atoms with van der Waals surface area (Å²) in [5.74, 6) is 0.0510. The van der Waals surface area contributed by atoms with Crippen LogP contribution in [0.5, 0.6) is 0 Å². The molecule has 3 N–H and O–H groups in total. The Balaban J connectivity index is 1.71. The van der Waals surface area contributed by atoms with Crippen LogP contribution < -0.4 is 5.32 Å². The predicted molar refractivity (Wildman–Crippen MR) is 79.6 cm³/mol. The topological polar surface area (TPSA) is 78.0 Å². The lowest BCUT2D eigenvalue weighted by atomic mass is 10.1. The van der Waals surface area contributed by atoms with Gasteiger partial charge < -0.3 is 15.4 Å². The third-order valence-electron chi connectivity index (χ3n) is 3.23. The number of hydrogen-bond donors (Lipinski definition) is 3. The molecule has 1 heterocycles. The molecule has 0 radical (unpaired) electrons. The van der Waals surface area contributed by atoms with Crippen molar-refractivity contribution in [2.45, 2.75) is 13.2 Å². The molecule has 0 bridgehead atoms. The molecular formula is C16H15N3O2. The van der Waals surface area contributed by atoms with Crippen molar-refractivity contribution in [2.75, 3.05) is 0 Å². The van der Waals surface area contributed by atoms with Crippen molar-refractivity contribution in [3.63, 3.8) is 0 Å². The second-order valence-electron chi connectivity index (χ2n) is 4.76. The first-order valence-electron chi connectivity index (χ1n) is 6.68. The number of para-hydroxylation sites is 2. The summed E-state index contributed by atoms with van der Waals surface area (Å²) in [6.07, 6.45) is 0. The number of aromatic amines is 1. The number of amides is 1. The summed E-state index contributed by atoms with van der Waals surface area (Å²) < 4.78 is 0. The fourth-order valence-electron chi connectivity index (χ4n) is 2.16. The Morgan fingerprint density at radius 3 is 2.76 bits per heavy atom. The summed E-state index contributed by atoms with van der Waals surface area (Å²) in [6, 6.07) is 15.0. The molecule has 0 aliphatic heterocycles. The highest BCUT2D eigenvalue weighted by atomic mass is 16.3. The number of aliphatic hydroxyl groups excluding tert-OH is 1. The van der Waals surface area contributed by atoms with E-state index < -0.39 is 0 Å². The van der Waals surface area contributed by atoms with Gasteiger partial charge in [0.25, 0.3) is 5.91 Å². The highest BCUT2D eigenvalue weighted by Gasteiger charge is 2.10. The third kappa shape index (κ3) is 2.93. The Bertz CT molecular complexity index is 747. The minimum absolute atomic E-state index is 0.00857. The summed E-state index contributed by atoms with van der Waals surface area (Å²) in [5, 5.41) is 11.9. The van der Waals surface area contributed by atoms with Crippen LogP contribution in [0, 0.1) is 0 Å². The first-order valence-corrected chi connectivity index (χ1v) is 6.68. The number of aromatic nitrogens is 2. The third-order valence-corrected chi connectivity index (χ3v) is 3.23. The molecule has 0 aliphatic rings. The van der Waals surface area contributed by atoms with Crippen LogP contribution in [0.4, 0.5) is 0 Å². The van der Waals surface area contributed by atoms with Crippen LogP contribution in [-0.2, 0) is 13.2 Å². The zero-order valence-electron chi connectivity index (χ0n) is 11.3. The van der Waals surface area contributed by atoms with E-state index in [1.165, 1.54) is 0 Å². The maximum atomic E-state index is 12.1. The Morgan fingerprint density at radius 1 is 1.14 bits per heavy atom. The van der Waals surface area contributed by atoms with E-state index in [0.29, 0.717) is 12.4 Å². The van der Waals surface area contributed by atoms with Crippen molar-refractivity contribution < 1.29 is 9.90 Å². The monoisotopic (exact) mass is 281 g/mol. The van der Waals surface area contributed by atoms with Crippen molar-refractivity contribution in [1.29, 1.82) is 0 Å². The summed E-state index contributed by atoms with van der Waals surface area (Å²) in [7, 11) is 0. The molecular weight excluding hydrogens is 266 g/mol. The molecule has 3 aromatic rings. The van der Waals surface area contributed by atoms with Gasteiger partial charge in [0.05, 0.1) is 17.6 Å². The number of H-pyrrole nitrogens is 1. The Morgan fingerprint density at radius 2 is 1.95 bits per heavy atom. The van der Waals surface area contributed by atoms with E-state index in [0.717, 1.165) is 22.2 Å². The van der Waals surface area contributed by atoms with E-state index in [2.05, 4.69) is 15.3 Å². The van der Waals surface area contributed by atoms with Gasteiger partial charge >= 0.3 is 0 Å². The molecule has 3 rings (SSSR count). The fraction of sp³-hybridized carbons (Fsp3) is 0.125. The second kappa shape index (κ2) is 5.76. The van der Waals surface area contributed by atoms with Gasteiger partial charge in [0.2, 0.25) is 0 Å². The van der Waals surface area contributed by atoms with Crippen LogP contribution in [0.25, 0.3) is 11.0 Å². The van der Waals surface area contributed by atoms with E-state index in [9.17, 15) is 4.79 Å². The van der Waals surface area contributed by atoms with Gasteiger partial charge in [-0.25, -0.2) is 4.98 Å². The van der Waals surface area contributed by atoms with Gasteiger partial charge in [-0.2, -0.15) is 0 Å². The van der Waals surface area contributed by atoms with Gasteiger partial charge in [-0.05, 0) is 23.3 Å². The number of hydrogen-bond acceptors (Lipinski definition) is 3. The Hall–Kier alpha value is -2.66. The van der Waals surface area contributed by atoms with Crippen LogP contribution in [0.2, 0.25) is 0 Å². The molecule has 1 aromatic heterocycles. The lowest BCUT2D eigenvalue weighted by Gasteiger charge is -2.05. The van der Waals surface area contributed by atoms with Crippen molar-refractivity contribution in [2.24, 2.45) is 0 Å². The smallest absolute Gasteiger partial charge is 0.287 e. The number of fused-ring (bicyclic) bond motifs is 1. The summed E-state index contributed by atoms with van der Waals surface area (Å²) in [4.78, 5) is 19.3. The number of nitrogens with zero attached hydrogens (tertiary/aromatic N) is 1. The zero-order valence-corrected chi connectivity index (χ0v) is 11.3. The molecule has 106 valence electrons. The SMILES string of the molecule is O=C(NCc1cccc(CO)c1)c1nc2ccccc2[nH]1. The number of imidazole rings is 1. The molecule has 0 saturated heterocycles. The first-order chi connectivity index (χ1) is 10.3. The number of carbonyl (C=O) groups excluding carboxylic acids is 1. The van der Waals surface area contributed by atoms with E-state index in [4.69, 9.17) is 5.11 Å². The maximum Gasteiger partial charge on any atom is 0.287 e. The molecule has 21 heavy (non-hydrogen) atoms. The normalized spacial score (nSPS) is 10.7. The van der Waals surface area contributed by atoms with Crippen LogP contribution >= 0.6 is 0 Å². The van der Waals surface area contributed by atoms with Crippen LogP contribution in [0.15, 0.2) is 48.5 Å². The molecule has 0 unspecified atom stereocenters. The van der Waals surface area contributed by atoms with Gasteiger partial charge in [0.1, 0.15) is 0 Å². The minimum Gasteiger partial charge on any atom is -0.392 e. The van der Waals surface area contributed by atoms with Gasteiger partial charge in [-0.15, -0.1) is 0 Å². The number of nitrogens with one attached hydrogen (secondary N) is 2. The average Bonchev–Trinajstić information content (AvgIpc) is 2.97. The molecule has 5 nitrogen and oxygen atoms in total. The molecule has 5 heteroatoms. The number of carbonyl (C=O) groups is 1. The molecule has 1 amide bonds.